The lowest BCUT2D eigenvalue weighted by Crippen LogP contribution is -2.32. The third-order valence-electron chi connectivity index (χ3n) is 5.54. The molecule has 172 valence electrons. The van der Waals surface area contributed by atoms with Gasteiger partial charge in [0.1, 0.15) is 5.75 Å². The van der Waals surface area contributed by atoms with Crippen LogP contribution in [0.2, 0.25) is 0 Å². The molecule has 1 saturated carbocycles. The Balaban J connectivity index is 1.50. The number of benzene rings is 2. The number of carboxylic acid groups (broad SMARTS) is 1. The molecule has 0 spiro atoms. The highest BCUT2D eigenvalue weighted by atomic mass is 32.1. The van der Waals surface area contributed by atoms with Crippen LogP contribution in [0.25, 0.3) is 11.1 Å². The SMILES string of the molecule is [2H]C([2H])(c1ccccc1OCCCCCC(=O)O)N(C(=O)c1ccc(-c2ccsc2)cc1)C1CC1. The number of nitrogens with zero attached hydrogens (tertiary/aromatic N) is 1. The fraction of sp³-hybridized carbons (Fsp3) is 0.333. The molecule has 1 aliphatic carbocycles. The van der Waals surface area contributed by atoms with Crippen LogP contribution < -0.4 is 4.74 Å². The number of aliphatic carboxylic acids is 1. The maximum Gasteiger partial charge on any atom is 0.303 e. The Hall–Kier alpha value is -3.12. The van der Waals surface area contributed by atoms with Crippen molar-refractivity contribution in [1.82, 2.24) is 4.90 Å². The van der Waals surface area contributed by atoms with E-state index in [1.807, 2.05) is 23.6 Å². The highest BCUT2D eigenvalue weighted by Gasteiger charge is 2.33. The van der Waals surface area contributed by atoms with Crippen LogP contribution in [0, 0.1) is 0 Å². The predicted molar refractivity (Wildman–Crippen MR) is 131 cm³/mol. The van der Waals surface area contributed by atoms with E-state index in [1.54, 1.807) is 47.7 Å². The molecule has 0 atom stereocenters. The summed E-state index contributed by atoms with van der Waals surface area (Å²) < 4.78 is 23.9. The summed E-state index contributed by atoms with van der Waals surface area (Å²) in [5, 5.41) is 12.8. The van der Waals surface area contributed by atoms with E-state index in [1.165, 1.54) is 4.90 Å². The van der Waals surface area contributed by atoms with E-state index in [-0.39, 0.29) is 18.4 Å². The molecular formula is C27H29NO4S. The van der Waals surface area contributed by atoms with Gasteiger partial charge in [-0.2, -0.15) is 11.3 Å². The Morgan fingerprint density at radius 1 is 1.03 bits per heavy atom. The number of carbonyl (C=O) groups excluding carboxylic acids is 1. The second-order valence-corrected chi connectivity index (χ2v) is 8.94. The molecule has 1 aliphatic rings. The molecule has 0 radical (unpaired) electrons. The van der Waals surface area contributed by atoms with Gasteiger partial charge in [-0.1, -0.05) is 30.3 Å². The van der Waals surface area contributed by atoms with E-state index in [0.717, 1.165) is 30.4 Å². The average molecular weight is 466 g/mol. The van der Waals surface area contributed by atoms with Gasteiger partial charge in [-0.15, -0.1) is 0 Å². The monoisotopic (exact) mass is 465 g/mol. The first-order valence-electron chi connectivity index (χ1n) is 12.3. The molecule has 1 heterocycles. The smallest absolute Gasteiger partial charge is 0.303 e. The van der Waals surface area contributed by atoms with Gasteiger partial charge in [-0.05, 0) is 78.3 Å². The molecular weight excluding hydrogens is 434 g/mol. The lowest BCUT2D eigenvalue weighted by molar-refractivity contribution is -0.137. The van der Waals surface area contributed by atoms with Crippen molar-refractivity contribution in [2.75, 3.05) is 6.61 Å². The Labute approximate surface area is 201 Å². The summed E-state index contributed by atoms with van der Waals surface area (Å²) in [4.78, 5) is 25.6. The molecule has 1 amide bonds. The maximum absolute atomic E-state index is 13.5. The molecule has 1 aromatic heterocycles. The Bertz CT molecular complexity index is 1140. The van der Waals surface area contributed by atoms with Crippen LogP contribution >= 0.6 is 11.3 Å². The van der Waals surface area contributed by atoms with Crippen LogP contribution in [0.15, 0.2) is 65.4 Å². The van der Waals surface area contributed by atoms with Crippen LogP contribution in [0.4, 0.5) is 0 Å². The van der Waals surface area contributed by atoms with Crippen molar-refractivity contribution in [3.63, 3.8) is 0 Å². The largest absolute Gasteiger partial charge is 0.493 e. The quantitative estimate of drug-likeness (QED) is 0.321. The molecule has 33 heavy (non-hydrogen) atoms. The van der Waals surface area contributed by atoms with Gasteiger partial charge in [0.2, 0.25) is 0 Å². The third kappa shape index (κ3) is 6.45. The van der Waals surface area contributed by atoms with Crippen LogP contribution in [0.3, 0.4) is 0 Å². The van der Waals surface area contributed by atoms with Crippen molar-refractivity contribution in [1.29, 1.82) is 0 Å². The summed E-state index contributed by atoms with van der Waals surface area (Å²) in [5.74, 6) is -0.741. The van der Waals surface area contributed by atoms with Gasteiger partial charge in [0.15, 0.2) is 0 Å². The zero-order valence-corrected chi connectivity index (χ0v) is 19.2. The number of amides is 1. The summed E-state index contributed by atoms with van der Waals surface area (Å²) in [6.45, 7) is -1.70. The average Bonchev–Trinajstić information content (AvgIpc) is 3.51. The van der Waals surface area contributed by atoms with E-state index >= 15 is 0 Å². The second kappa shape index (κ2) is 11.1. The van der Waals surface area contributed by atoms with Gasteiger partial charge in [-0.3, -0.25) is 9.59 Å². The van der Waals surface area contributed by atoms with Crippen LogP contribution in [0.1, 0.15) is 57.2 Å². The normalized spacial score (nSPS) is 14.3. The van der Waals surface area contributed by atoms with E-state index in [4.69, 9.17) is 12.6 Å². The molecule has 5 nitrogen and oxygen atoms in total. The zero-order chi connectivity index (χ0) is 24.8. The van der Waals surface area contributed by atoms with Crippen LogP contribution in [-0.2, 0) is 11.3 Å². The van der Waals surface area contributed by atoms with Crippen molar-refractivity contribution in [3.05, 3.63) is 76.5 Å². The molecule has 0 unspecified atom stereocenters. The van der Waals surface area contributed by atoms with Crippen LogP contribution in [-0.4, -0.2) is 34.5 Å². The minimum absolute atomic E-state index is 0.131. The standard InChI is InChI=1S/C27H29NO4S/c29-26(30)8-2-1-5-16-32-25-7-4-3-6-22(25)18-28(24-13-14-24)27(31)21-11-9-20(10-12-21)23-15-17-33-19-23/h3-4,6-7,9-12,15,17,19,24H,1-2,5,8,13-14,16,18H2,(H,29,30)/i18D2. The first-order valence-corrected chi connectivity index (χ1v) is 12.2. The van der Waals surface area contributed by atoms with Gasteiger partial charge >= 0.3 is 5.97 Å². The van der Waals surface area contributed by atoms with Gasteiger partial charge in [-0.25, -0.2) is 0 Å². The molecule has 4 rings (SSSR count). The molecule has 0 aliphatic heterocycles. The number of rotatable bonds is 12. The summed E-state index contributed by atoms with van der Waals surface area (Å²) in [6, 6.07) is 16.1. The fourth-order valence-corrected chi connectivity index (χ4v) is 4.23. The summed E-state index contributed by atoms with van der Waals surface area (Å²) in [7, 11) is 0. The topological polar surface area (TPSA) is 66.8 Å². The van der Waals surface area contributed by atoms with Crippen LogP contribution in [0.5, 0.6) is 5.75 Å². The molecule has 0 bridgehead atoms. The number of para-hydroxylation sites is 1. The molecule has 1 fully saturated rings. The third-order valence-corrected chi connectivity index (χ3v) is 6.22. The number of hydrogen-bond acceptors (Lipinski definition) is 4. The van der Waals surface area contributed by atoms with Gasteiger partial charge in [0.05, 0.1) is 9.35 Å². The molecule has 0 saturated heterocycles. The van der Waals surface area contributed by atoms with E-state index in [2.05, 4.69) is 5.38 Å². The summed E-state index contributed by atoms with van der Waals surface area (Å²) in [6.07, 6.45) is 3.64. The van der Waals surface area contributed by atoms with Gasteiger partial charge in [0.25, 0.3) is 5.91 Å². The number of thiophene rings is 1. The van der Waals surface area contributed by atoms with E-state index in [0.29, 0.717) is 36.3 Å². The number of ether oxygens (including phenoxy) is 1. The van der Waals surface area contributed by atoms with Gasteiger partial charge in [0, 0.05) is 30.1 Å². The number of hydrogen-bond donors (Lipinski definition) is 1. The number of unbranched alkanes of at least 4 members (excludes halogenated alkanes) is 2. The second-order valence-electron chi connectivity index (χ2n) is 8.16. The van der Waals surface area contributed by atoms with E-state index < -0.39 is 12.5 Å². The Kier molecular flexibility index (Phi) is 6.92. The number of carboxylic acids is 1. The van der Waals surface area contributed by atoms with Crippen molar-refractivity contribution in [2.45, 2.75) is 51.1 Å². The Morgan fingerprint density at radius 2 is 1.82 bits per heavy atom. The predicted octanol–water partition coefficient (Wildman–Crippen LogP) is 6.24. The first-order chi connectivity index (χ1) is 16.9. The number of carbonyl (C=O) groups is 2. The van der Waals surface area contributed by atoms with Crippen molar-refractivity contribution < 1.29 is 22.2 Å². The fourth-order valence-electron chi connectivity index (χ4n) is 3.57. The minimum atomic E-state index is -2.05. The lowest BCUT2D eigenvalue weighted by atomic mass is 10.1. The molecule has 6 heteroatoms. The molecule has 3 aromatic rings. The maximum atomic E-state index is 13.5. The van der Waals surface area contributed by atoms with Gasteiger partial charge < -0.3 is 14.7 Å². The van der Waals surface area contributed by atoms with Crippen molar-refractivity contribution in [2.24, 2.45) is 0 Å². The summed E-state index contributed by atoms with van der Waals surface area (Å²) in [5.41, 5.74) is 2.89. The zero-order valence-electron chi connectivity index (χ0n) is 20.4. The lowest BCUT2D eigenvalue weighted by Gasteiger charge is -2.24. The Morgan fingerprint density at radius 3 is 2.52 bits per heavy atom. The highest BCUT2D eigenvalue weighted by Crippen LogP contribution is 2.32. The highest BCUT2D eigenvalue weighted by molar-refractivity contribution is 7.08. The van der Waals surface area contributed by atoms with Crippen molar-refractivity contribution >= 4 is 23.2 Å². The molecule has 2 aromatic carbocycles. The van der Waals surface area contributed by atoms with E-state index in [9.17, 15) is 9.59 Å². The molecule has 1 N–H and O–H groups in total. The summed E-state index contributed by atoms with van der Waals surface area (Å²) >= 11 is 1.61. The van der Waals surface area contributed by atoms with Crippen molar-refractivity contribution in [3.8, 4) is 16.9 Å². The minimum Gasteiger partial charge on any atom is -0.493 e. The first kappa shape index (κ1) is 20.5.